The third-order valence-corrected chi connectivity index (χ3v) is 7.71. The Morgan fingerprint density at radius 1 is 1.38 bits per heavy atom. The van der Waals surface area contributed by atoms with Crippen LogP contribution >= 0.6 is 11.8 Å². The number of methoxy groups -OCH3 is 1. The van der Waals surface area contributed by atoms with Gasteiger partial charge < -0.3 is 14.5 Å². The van der Waals surface area contributed by atoms with Crippen LogP contribution in [0, 0.1) is 16.7 Å². The molecule has 1 aromatic heterocycles. The zero-order valence-electron chi connectivity index (χ0n) is 15.8. The largest absolute Gasteiger partial charge is 0.497 e. The molecule has 2 bridgehead atoms. The van der Waals surface area contributed by atoms with Gasteiger partial charge in [-0.1, -0.05) is 32.5 Å². The molecule has 0 spiro atoms. The number of esters is 1. The summed E-state index contributed by atoms with van der Waals surface area (Å²) in [6, 6.07) is 5.69. The second kappa shape index (κ2) is 6.19. The lowest BCUT2D eigenvalue weighted by molar-refractivity contribution is -0.148. The minimum absolute atomic E-state index is 0.0665. The van der Waals surface area contributed by atoms with Gasteiger partial charge in [-0.2, -0.15) is 0 Å². The quantitative estimate of drug-likeness (QED) is 0.620. The number of fused-ring (bicyclic) bond motifs is 3. The Hall–Kier alpha value is -1.69. The van der Waals surface area contributed by atoms with Gasteiger partial charge >= 0.3 is 5.97 Å². The molecule has 4 rings (SSSR count). The molecule has 2 saturated carbocycles. The van der Waals surface area contributed by atoms with Crippen LogP contribution in [-0.4, -0.2) is 34.9 Å². The molecule has 2 aromatic rings. The molecule has 3 atom stereocenters. The van der Waals surface area contributed by atoms with Crippen molar-refractivity contribution in [2.45, 2.75) is 51.3 Å². The van der Waals surface area contributed by atoms with Crippen LogP contribution in [0.4, 0.5) is 0 Å². The van der Waals surface area contributed by atoms with Gasteiger partial charge in [-0.3, -0.25) is 4.79 Å². The Kier molecular flexibility index (Phi) is 4.21. The van der Waals surface area contributed by atoms with E-state index in [1.54, 1.807) is 7.11 Å². The van der Waals surface area contributed by atoms with Crippen LogP contribution in [0.3, 0.4) is 0 Å². The number of thioether (sulfide) groups is 1. The summed E-state index contributed by atoms with van der Waals surface area (Å²) in [6.07, 6.45) is 3.47. The fraction of sp³-hybridized carbons (Fsp3) is 0.600. The summed E-state index contributed by atoms with van der Waals surface area (Å²) < 4.78 is 11.1. The molecule has 5 nitrogen and oxygen atoms in total. The molecular formula is C20H26N2O3S. The molecular weight excluding hydrogens is 348 g/mol. The van der Waals surface area contributed by atoms with E-state index in [-0.39, 0.29) is 23.2 Å². The fourth-order valence-electron chi connectivity index (χ4n) is 4.82. The number of hydrogen-bond acceptors (Lipinski definition) is 5. The van der Waals surface area contributed by atoms with Crippen LogP contribution in [0.25, 0.3) is 11.0 Å². The van der Waals surface area contributed by atoms with E-state index in [4.69, 9.17) is 9.47 Å². The first-order valence-electron chi connectivity index (χ1n) is 9.18. The highest BCUT2D eigenvalue weighted by atomic mass is 32.2. The lowest BCUT2D eigenvalue weighted by Crippen LogP contribution is -2.28. The highest BCUT2D eigenvalue weighted by Crippen LogP contribution is 2.66. The Morgan fingerprint density at radius 2 is 2.19 bits per heavy atom. The molecule has 1 heterocycles. The third-order valence-electron chi connectivity index (χ3n) is 6.87. The molecule has 0 unspecified atom stereocenters. The average molecular weight is 375 g/mol. The summed E-state index contributed by atoms with van der Waals surface area (Å²) >= 11 is 1.39. The Bertz CT molecular complexity index is 844. The standard InChI is InChI=1S/C20H26N2O3S/c1-19(2)13-7-8-20(19,3)10-16(13)25-17(23)11-26-18-21-14-6-5-12(24-4)9-15(14)22-18/h5-6,9,13,16H,7-8,10-11H2,1-4H3,(H,21,22)/t13-,16+,20-/m1/s1. The maximum Gasteiger partial charge on any atom is 0.316 e. The minimum atomic E-state index is -0.148. The number of hydrogen-bond donors (Lipinski definition) is 1. The maximum absolute atomic E-state index is 12.4. The summed E-state index contributed by atoms with van der Waals surface area (Å²) in [6.45, 7) is 7.00. The Balaban J connectivity index is 1.36. The molecule has 26 heavy (non-hydrogen) atoms. The van der Waals surface area contributed by atoms with Gasteiger partial charge in [-0.15, -0.1) is 0 Å². The SMILES string of the molecule is COc1ccc2nc(SCC(=O)O[C@H]3C[C@@]4(C)CC[C@H]3C4(C)C)[nH]c2c1. The van der Waals surface area contributed by atoms with Crippen molar-refractivity contribution < 1.29 is 14.3 Å². The summed E-state index contributed by atoms with van der Waals surface area (Å²) in [5, 5.41) is 0.727. The van der Waals surface area contributed by atoms with Crippen molar-refractivity contribution in [3.05, 3.63) is 18.2 Å². The van der Waals surface area contributed by atoms with E-state index in [0.29, 0.717) is 11.3 Å². The predicted octanol–water partition coefficient (Wildman–Crippen LogP) is 4.42. The highest BCUT2D eigenvalue weighted by molar-refractivity contribution is 7.99. The van der Waals surface area contributed by atoms with E-state index in [1.807, 2.05) is 18.2 Å². The van der Waals surface area contributed by atoms with E-state index in [0.717, 1.165) is 28.4 Å². The van der Waals surface area contributed by atoms with E-state index in [9.17, 15) is 4.79 Å². The van der Waals surface area contributed by atoms with Crippen molar-refractivity contribution in [2.75, 3.05) is 12.9 Å². The lowest BCUT2D eigenvalue weighted by Gasteiger charge is -2.33. The van der Waals surface area contributed by atoms with Gasteiger partial charge in [0.25, 0.3) is 0 Å². The predicted molar refractivity (Wildman–Crippen MR) is 102 cm³/mol. The van der Waals surface area contributed by atoms with Gasteiger partial charge in [-0.05, 0) is 42.2 Å². The van der Waals surface area contributed by atoms with Crippen molar-refractivity contribution in [3.8, 4) is 5.75 Å². The van der Waals surface area contributed by atoms with Crippen LogP contribution in [0.5, 0.6) is 5.75 Å². The van der Waals surface area contributed by atoms with Crippen molar-refractivity contribution in [2.24, 2.45) is 16.7 Å². The van der Waals surface area contributed by atoms with Crippen LogP contribution in [0.15, 0.2) is 23.4 Å². The smallest absolute Gasteiger partial charge is 0.316 e. The maximum atomic E-state index is 12.4. The van der Waals surface area contributed by atoms with Gasteiger partial charge in [0.15, 0.2) is 5.16 Å². The molecule has 0 radical (unpaired) electrons. The van der Waals surface area contributed by atoms with Crippen molar-refractivity contribution in [1.82, 2.24) is 9.97 Å². The number of rotatable bonds is 5. The lowest BCUT2D eigenvalue weighted by atomic mass is 9.71. The number of H-pyrrole nitrogens is 1. The van der Waals surface area contributed by atoms with Crippen molar-refractivity contribution >= 4 is 28.8 Å². The number of aromatic nitrogens is 2. The molecule has 1 aromatic carbocycles. The number of imidazole rings is 1. The second-order valence-corrected chi connectivity index (χ2v) is 9.34. The summed E-state index contributed by atoms with van der Waals surface area (Å²) in [7, 11) is 1.64. The fourth-order valence-corrected chi connectivity index (χ4v) is 5.49. The number of aromatic amines is 1. The molecule has 0 saturated heterocycles. The van der Waals surface area contributed by atoms with E-state index >= 15 is 0 Å². The van der Waals surface area contributed by atoms with Gasteiger partial charge in [0.1, 0.15) is 11.9 Å². The number of ether oxygens (including phenoxy) is 2. The number of nitrogens with zero attached hydrogens (tertiary/aromatic N) is 1. The third kappa shape index (κ3) is 2.79. The second-order valence-electron chi connectivity index (χ2n) is 8.37. The monoisotopic (exact) mass is 374 g/mol. The molecule has 6 heteroatoms. The molecule has 2 aliphatic rings. The van der Waals surface area contributed by atoms with E-state index in [2.05, 4.69) is 30.7 Å². The van der Waals surface area contributed by atoms with Crippen molar-refractivity contribution in [3.63, 3.8) is 0 Å². The number of carbonyl (C=O) groups excluding carboxylic acids is 1. The van der Waals surface area contributed by atoms with Gasteiger partial charge in [0, 0.05) is 12.0 Å². The number of nitrogens with one attached hydrogen (secondary N) is 1. The minimum Gasteiger partial charge on any atom is -0.497 e. The zero-order valence-corrected chi connectivity index (χ0v) is 16.6. The van der Waals surface area contributed by atoms with Crippen LogP contribution in [-0.2, 0) is 9.53 Å². The summed E-state index contributed by atoms with van der Waals surface area (Å²) in [4.78, 5) is 20.1. The molecule has 2 aliphatic carbocycles. The molecule has 2 fully saturated rings. The van der Waals surface area contributed by atoms with Crippen LogP contribution < -0.4 is 4.74 Å². The van der Waals surface area contributed by atoms with Crippen LogP contribution in [0.1, 0.15) is 40.0 Å². The van der Waals surface area contributed by atoms with Crippen LogP contribution in [0.2, 0.25) is 0 Å². The van der Waals surface area contributed by atoms with Gasteiger partial charge in [-0.25, -0.2) is 4.98 Å². The summed E-state index contributed by atoms with van der Waals surface area (Å²) in [5.74, 6) is 1.40. The number of carbonyl (C=O) groups is 1. The molecule has 140 valence electrons. The van der Waals surface area contributed by atoms with Gasteiger partial charge in [0.05, 0.1) is 23.9 Å². The average Bonchev–Trinajstić information content (AvgIpc) is 3.16. The number of benzene rings is 1. The molecule has 1 N–H and O–H groups in total. The molecule has 0 aliphatic heterocycles. The molecule has 0 amide bonds. The zero-order chi connectivity index (χ0) is 18.5. The van der Waals surface area contributed by atoms with E-state index < -0.39 is 0 Å². The van der Waals surface area contributed by atoms with Crippen molar-refractivity contribution in [1.29, 1.82) is 0 Å². The first-order valence-corrected chi connectivity index (χ1v) is 10.2. The highest BCUT2D eigenvalue weighted by Gasteiger charge is 2.61. The first kappa shape index (κ1) is 17.7. The summed E-state index contributed by atoms with van der Waals surface area (Å²) in [5.41, 5.74) is 2.32. The topological polar surface area (TPSA) is 64.2 Å². The first-order chi connectivity index (χ1) is 12.3. The Labute approximate surface area is 158 Å². The Morgan fingerprint density at radius 3 is 2.85 bits per heavy atom. The van der Waals surface area contributed by atoms with Gasteiger partial charge in [0.2, 0.25) is 0 Å². The normalized spacial score (nSPS) is 29.2. The van der Waals surface area contributed by atoms with E-state index in [1.165, 1.54) is 24.6 Å².